The van der Waals surface area contributed by atoms with E-state index in [1.54, 1.807) is 0 Å². The number of carbonyl (C=O) groups is 2. The van der Waals surface area contributed by atoms with E-state index in [2.05, 4.69) is 5.32 Å². The standard InChI is InChI=1S/C17H20N2O2/c1-10-2-6-13(7-3-10)18-9-19-16(20)14-11-4-5-12(8-11)15(14)17(19)21/h2-3,6-7,11-12,14-15,18H,4-5,8-9H2,1H3/t11-,12+,14-,15-/m0/s1. The molecule has 4 heteroatoms. The van der Waals surface area contributed by atoms with Crippen molar-refractivity contribution in [3.63, 3.8) is 0 Å². The minimum absolute atomic E-state index is 0.0175. The molecule has 0 unspecified atom stereocenters. The third kappa shape index (κ3) is 1.88. The van der Waals surface area contributed by atoms with Crippen LogP contribution in [-0.2, 0) is 9.59 Å². The van der Waals surface area contributed by atoms with Gasteiger partial charge in [0.2, 0.25) is 11.8 Å². The van der Waals surface area contributed by atoms with Crippen LogP contribution < -0.4 is 5.32 Å². The molecule has 1 aromatic rings. The molecule has 1 aliphatic heterocycles. The third-order valence-corrected chi connectivity index (χ3v) is 5.51. The molecule has 4 atom stereocenters. The molecule has 0 radical (unpaired) electrons. The third-order valence-electron chi connectivity index (χ3n) is 5.51. The van der Waals surface area contributed by atoms with Gasteiger partial charge in [-0.05, 0) is 50.2 Å². The minimum Gasteiger partial charge on any atom is -0.367 e. The molecular weight excluding hydrogens is 264 g/mol. The summed E-state index contributed by atoms with van der Waals surface area (Å²) in [7, 11) is 0. The Morgan fingerprint density at radius 2 is 1.62 bits per heavy atom. The van der Waals surface area contributed by atoms with Crippen LogP contribution in [0.15, 0.2) is 24.3 Å². The Morgan fingerprint density at radius 3 is 2.19 bits per heavy atom. The average Bonchev–Trinajstić information content (AvgIpc) is 3.14. The average molecular weight is 284 g/mol. The first kappa shape index (κ1) is 12.9. The smallest absolute Gasteiger partial charge is 0.234 e. The van der Waals surface area contributed by atoms with Gasteiger partial charge < -0.3 is 5.32 Å². The van der Waals surface area contributed by atoms with Gasteiger partial charge in [-0.3, -0.25) is 14.5 Å². The second-order valence-corrected chi connectivity index (χ2v) is 6.69. The molecule has 3 aliphatic rings. The minimum atomic E-state index is -0.0175. The van der Waals surface area contributed by atoms with E-state index >= 15 is 0 Å². The molecular formula is C17H20N2O2. The van der Waals surface area contributed by atoms with Crippen molar-refractivity contribution >= 4 is 17.5 Å². The fourth-order valence-corrected chi connectivity index (χ4v) is 4.47. The van der Waals surface area contributed by atoms with Crippen molar-refractivity contribution in [3.05, 3.63) is 29.8 Å². The van der Waals surface area contributed by atoms with Crippen LogP contribution in [0.5, 0.6) is 0 Å². The Morgan fingerprint density at radius 1 is 1.05 bits per heavy atom. The number of nitrogens with one attached hydrogen (secondary N) is 1. The van der Waals surface area contributed by atoms with Crippen LogP contribution in [0.3, 0.4) is 0 Å². The summed E-state index contributed by atoms with van der Waals surface area (Å²) in [6.45, 7) is 2.33. The van der Waals surface area contributed by atoms with Crippen molar-refractivity contribution in [2.24, 2.45) is 23.7 Å². The lowest BCUT2D eigenvalue weighted by Gasteiger charge is -2.19. The maximum absolute atomic E-state index is 12.5. The Balaban J connectivity index is 1.48. The van der Waals surface area contributed by atoms with Gasteiger partial charge in [0.15, 0.2) is 0 Å². The number of carbonyl (C=O) groups excluding carboxylic acids is 2. The fourth-order valence-electron chi connectivity index (χ4n) is 4.47. The van der Waals surface area contributed by atoms with Gasteiger partial charge in [-0.15, -0.1) is 0 Å². The molecule has 1 saturated heterocycles. The zero-order valence-electron chi connectivity index (χ0n) is 12.2. The molecule has 0 spiro atoms. The highest BCUT2D eigenvalue weighted by molar-refractivity contribution is 6.06. The maximum atomic E-state index is 12.5. The molecule has 2 aliphatic carbocycles. The highest BCUT2D eigenvalue weighted by Crippen LogP contribution is 2.55. The van der Waals surface area contributed by atoms with Crippen LogP contribution in [-0.4, -0.2) is 23.4 Å². The van der Waals surface area contributed by atoms with Crippen molar-refractivity contribution < 1.29 is 9.59 Å². The van der Waals surface area contributed by atoms with E-state index in [1.165, 1.54) is 10.5 Å². The summed E-state index contributed by atoms with van der Waals surface area (Å²) >= 11 is 0. The molecule has 2 bridgehead atoms. The molecule has 1 N–H and O–H groups in total. The zero-order chi connectivity index (χ0) is 14.6. The summed E-state index contributed by atoms with van der Waals surface area (Å²) in [5, 5.41) is 3.20. The Kier molecular flexibility index (Phi) is 2.81. The van der Waals surface area contributed by atoms with E-state index in [1.807, 2.05) is 31.2 Å². The van der Waals surface area contributed by atoms with Crippen molar-refractivity contribution in [3.8, 4) is 0 Å². The largest absolute Gasteiger partial charge is 0.367 e. The summed E-state index contributed by atoms with van der Waals surface area (Å²) < 4.78 is 0. The topological polar surface area (TPSA) is 49.4 Å². The van der Waals surface area contributed by atoms with E-state index in [-0.39, 0.29) is 23.7 Å². The van der Waals surface area contributed by atoms with Crippen LogP contribution in [0.1, 0.15) is 24.8 Å². The van der Waals surface area contributed by atoms with Gasteiger partial charge in [-0.25, -0.2) is 0 Å². The number of nitrogens with zero attached hydrogens (tertiary/aromatic N) is 1. The van der Waals surface area contributed by atoms with Crippen LogP contribution in [0.25, 0.3) is 0 Å². The second-order valence-electron chi connectivity index (χ2n) is 6.69. The SMILES string of the molecule is Cc1ccc(NCN2C(=O)[C@H]3[C@@H]4CC[C@@H](C4)[C@@H]3C2=O)cc1. The van der Waals surface area contributed by atoms with Crippen LogP contribution >= 0.6 is 0 Å². The number of hydrogen-bond acceptors (Lipinski definition) is 3. The summed E-state index contributed by atoms with van der Waals surface area (Å²) in [5.74, 6) is 0.988. The number of imide groups is 1. The first-order valence-corrected chi connectivity index (χ1v) is 7.81. The van der Waals surface area contributed by atoms with Crippen molar-refractivity contribution in [2.45, 2.75) is 26.2 Å². The lowest BCUT2D eigenvalue weighted by atomic mass is 9.81. The number of likely N-dealkylation sites (tertiary alicyclic amines) is 1. The highest BCUT2D eigenvalue weighted by atomic mass is 16.2. The molecule has 4 nitrogen and oxygen atoms in total. The fraction of sp³-hybridized carbons (Fsp3) is 0.529. The summed E-state index contributed by atoms with van der Waals surface area (Å²) in [5.41, 5.74) is 2.14. The highest BCUT2D eigenvalue weighted by Gasteiger charge is 2.60. The first-order chi connectivity index (χ1) is 10.1. The Labute approximate surface area is 124 Å². The number of anilines is 1. The Bertz CT molecular complexity index is 567. The predicted molar refractivity (Wildman–Crippen MR) is 79.3 cm³/mol. The normalized spacial score (nSPS) is 33.7. The summed E-state index contributed by atoms with van der Waals surface area (Å²) in [6.07, 6.45) is 3.35. The lowest BCUT2D eigenvalue weighted by molar-refractivity contribution is -0.140. The molecule has 3 fully saturated rings. The molecule has 21 heavy (non-hydrogen) atoms. The molecule has 110 valence electrons. The van der Waals surface area contributed by atoms with E-state index in [4.69, 9.17) is 0 Å². The quantitative estimate of drug-likeness (QED) is 0.867. The zero-order valence-corrected chi connectivity index (χ0v) is 12.2. The number of amides is 2. The van der Waals surface area contributed by atoms with Crippen LogP contribution in [0.2, 0.25) is 0 Å². The van der Waals surface area contributed by atoms with Gasteiger partial charge in [0, 0.05) is 5.69 Å². The molecule has 1 aromatic carbocycles. The van der Waals surface area contributed by atoms with Gasteiger partial charge in [0.25, 0.3) is 0 Å². The Hall–Kier alpha value is -1.84. The van der Waals surface area contributed by atoms with E-state index in [0.29, 0.717) is 18.5 Å². The van der Waals surface area contributed by atoms with Crippen LogP contribution in [0, 0.1) is 30.6 Å². The molecule has 4 rings (SSSR count). The number of hydrogen-bond donors (Lipinski definition) is 1. The maximum Gasteiger partial charge on any atom is 0.234 e. The van der Waals surface area contributed by atoms with Crippen molar-refractivity contribution in [2.75, 3.05) is 12.0 Å². The molecule has 1 heterocycles. The monoisotopic (exact) mass is 284 g/mol. The van der Waals surface area contributed by atoms with Gasteiger partial charge in [0.1, 0.15) is 0 Å². The first-order valence-electron chi connectivity index (χ1n) is 7.81. The second kappa shape index (κ2) is 4.58. The van der Waals surface area contributed by atoms with Crippen molar-refractivity contribution in [1.29, 1.82) is 0 Å². The van der Waals surface area contributed by atoms with Gasteiger partial charge in [0.05, 0.1) is 18.5 Å². The number of rotatable bonds is 3. The number of fused-ring (bicyclic) bond motifs is 5. The van der Waals surface area contributed by atoms with Gasteiger partial charge in [-0.2, -0.15) is 0 Å². The van der Waals surface area contributed by atoms with Crippen LogP contribution in [0.4, 0.5) is 5.69 Å². The van der Waals surface area contributed by atoms with E-state index < -0.39 is 0 Å². The lowest BCUT2D eigenvalue weighted by Crippen LogP contribution is -2.36. The van der Waals surface area contributed by atoms with Crippen molar-refractivity contribution in [1.82, 2.24) is 4.90 Å². The van der Waals surface area contributed by atoms with E-state index in [9.17, 15) is 9.59 Å². The molecule has 0 aromatic heterocycles. The number of aryl methyl sites for hydroxylation is 1. The molecule has 2 amide bonds. The summed E-state index contributed by atoms with van der Waals surface area (Å²) in [4.78, 5) is 26.5. The number of benzene rings is 1. The van der Waals surface area contributed by atoms with Gasteiger partial charge >= 0.3 is 0 Å². The van der Waals surface area contributed by atoms with Gasteiger partial charge in [-0.1, -0.05) is 17.7 Å². The predicted octanol–water partition coefficient (Wildman–Crippen LogP) is 2.40. The summed E-state index contributed by atoms with van der Waals surface area (Å²) in [6, 6.07) is 7.99. The molecule has 2 saturated carbocycles. The van der Waals surface area contributed by atoms with E-state index in [0.717, 1.165) is 24.9 Å².